The molecule has 0 atom stereocenters. The van der Waals surface area contributed by atoms with E-state index in [1.807, 2.05) is 7.85 Å². The number of hydrogen-bond acceptors (Lipinski definition) is 3. The van der Waals surface area contributed by atoms with Crippen molar-refractivity contribution in [2.24, 2.45) is 0 Å². The van der Waals surface area contributed by atoms with Gasteiger partial charge in [0, 0.05) is 18.6 Å². The van der Waals surface area contributed by atoms with Gasteiger partial charge < -0.3 is 0 Å². The van der Waals surface area contributed by atoms with E-state index >= 15 is 0 Å². The molecule has 2 heterocycles. The molecular weight excluding hydrogens is 172 g/mol. The first kappa shape index (κ1) is 7.49. The summed E-state index contributed by atoms with van der Waals surface area (Å²) in [4.78, 5) is 12.2. The summed E-state index contributed by atoms with van der Waals surface area (Å²) in [5, 5.41) is 0.406. The fraction of sp³-hybridized carbons (Fsp3) is 0. The SMILES string of the molecule is Bc1cnc(Cl)c2nccnc12. The van der Waals surface area contributed by atoms with E-state index in [1.54, 1.807) is 18.6 Å². The van der Waals surface area contributed by atoms with Gasteiger partial charge in [0.2, 0.25) is 0 Å². The average Bonchev–Trinajstić information content (AvgIpc) is 2.12. The molecule has 3 nitrogen and oxygen atoms in total. The zero-order valence-corrected chi connectivity index (χ0v) is 7.21. The summed E-state index contributed by atoms with van der Waals surface area (Å²) in [6.07, 6.45) is 4.94. The smallest absolute Gasteiger partial charge is 0.156 e. The minimum absolute atomic E-state index is 0.406. The van der Waals surface area contributed by atoms with Gasteiger partial charge in [-0.05, 0) is 5.46 Å². The highest BCUT2D eigenvalue weighted by molar-refractivity contribution is 6.40. The van der Waals surface area contributed by atoms with Crippen molar-refractivity contribution in [3.8, 4) is 0 Å². The first-order chi connectivity index (χ1) is 5.79. The van der Waals surface area contributed by atoms with Crippen LogP contribution >= 0.6 is 11.6 Å². The van der Waals surface area contributed by atoms with E-state index in [4.69, 9.17) is 11.6 Å². The number of pyridine rings is 1. The van der Waals surface area contributed by atoms with E-state index in [9.17, 15) is 0 Å². The molecule has 0 spiro atoms. The molecule has 0 saturated carbocycles. The number of halogens is 1. The molecule has 0 radical (unpaired) electrons. The van der Waals surface area contributed by atoms with Gasteiger partial charge in [-0.25, -0.2) is 9.97 Å². The van der Waals surface area contributed by atoms with Crippen LogP contribution in [0.3, 0.4) is 0 Å². The molecule has 0 aliphatic heterocycles. The molecular formula is C7H5BClN3. The van der Waals surface area contributed by atoms with Crippen molar-refractivity contribution < 1.29 is 0 Å². The molecule has 0 amide bonds. The van der Waals surface area contributed by atoms with Crippen molar-refractivity contribution in [1.82, 2.24) is 15.0 Å². The van der Waals surface area contributed by atoms with E-state index in [0.29, 0.717) is 10.7 Å². The Morgan fingerprint density at radius 1 is 1.08 bits per heavy atom. The summed E-state index contributed by atoms with van der Waals surface area (Å²) in [5.41, 5.74) is 2.47. The number of aromatic nitrogens is 3. The van der Waals surface area contributed by atoms with Crippen molar-refractivity contribution in [3.05, 3.63) is 23.7 Å². The first-order valence-electron chi connectivity index (χ1n) is 3.51. The molecule has 0 saturated heterocycles. The molecule has 0 unspecified atom stereocenters. The predicted molar refractivity (Wildman–Crippen MR) is 50.5 cm³/mol. The maximum Gasteiger partial charge on any atom is 0.156 e. The zero-order chi connectivity index (χ0) is 8.55. The molecule has 2 rings (SSSR count). The summed E-state index contributed by atoms with van der Waals surface area (Å²) in [6, 6.07) is 0. The maximum atomic E-state index is 5.82. The minimum Gasteiger partial charge on any atom is -0.253 e. The van der Waals surface area contributed by atoms with E-state index in [-0.39, 0.29) is 0 Å². The van der Waals surface area contributed by atoms with Gasteiger partial charge in [0.25, 0.3) is 0 Å². The quantitative estimate of drug-likeness (QED) is 0.418. The molecule has 0 bridgehead atoms. The lowest BCUT2D eigenvalue weighted by Gasteiger charge is -1.99. The lowest BCUT2D eigenvalue weighted by Crippen LogP contribution is -2.07. The second-order valence-corrected chi connectivity index (χ2v) is 2.84. The van der Waals surface area contributed by atoms with Gasteiger partial charge in [-0.2, -0.15) is 0 Å². The fourth-order valence-electron chi connectivity index (χ4n) is 1.05. The van der Waals surface area contributed by atoms with Crippen LogP contribution in [0.25, 0.3) is 11.0 Å². The van der Waals surface area contributed by atoms with Crippen LogP contribution in [0.15, 0.2) is 18.6 Å². The molecule has 58 valence electrons. The third-order valence-electron chi connectivity index (χ3n) is 1.64. The largest absolute Gasteiger partial charge is 0.253 e. The Hall–Kier alpha value is -1.16. The topological polar surface area (TPSA) is 38.7 Å². The van der Waals surface area contributed by atoms with E-state index in [1.165, 1.54) is 0 Å². The Balaban J connectivity index is 2.95. The molecule has 5 heteroatoms. The first-order valence-corrected chi connectivity index (χ1v) is 3.88. The highest BCUT2D eigenvalue weighted by Gasteiger charge is 2.03. The summed E-state index contributed by atoms with van der Waals surface area (Å²) >= 11 is 5.82. The Kier molecular flexibility index (Phi) is 1.69. The van der Waals surface area contributed by atoms with Gasteiger partial charge in [-0.15, -0.1) is 0 Å². The third kappa shape index (κ3) is 1.04. The van der Waals surface area contributed by atoms with Gasteiger partial charge in [-0.1, -0.05) is 11.6 Å². The zero-order valence-electron chi connectivity index (χ0n) is 6.45. The van der Waals surface area contributed by atoms with E-state index in [0.717, 1.165) is 11.0 Å². The van der Waals surface area contributed by atoms with Gasteiger partial charge in [0.05, 0.1) is 5.52 Å². The Morgan fingerprint density at radius 2 is 1.75 bits per heavy atom. The number of fused-ring (bicyclic) bond motifs is 1. The number of rotatable bonds is 0. The van der Waals surface area contributed by atoms with Crippen LogP contribution in [0, 0.1) is 0 Å². The summed E-state index contributed by atoms with van der Waals surface area (Å²) in [5.74, 6) is 0. The molecule has 0 N–H and O–H groups in total. The van der Waals surface area contributed by atoms with Gasteiger partial charge in [0.15, 0.2) is 5.15 Å². The van der Waals surface area contributed by atoms with Crippen molar-refractivity contribution >= 4 is 35.9 Å². The van der Waals surface area contributed by atoms with Gasteiger partial charge >= 0.3 is 0 Å². The van der Waals surface area contributed by atoms with Gasteiger partial charge in [0.1, 0.15) is 13.4 Å². The second-order valence-electron chi connectivity index (χ2n) is 2.49. The van der Waals surface area contributed by atoms with Crippen molar-refractivity contribution in [3.63, 3.8) is 0 Å². The summed E-state index contributed by atoms with van der Waals surface area (Å²) < 4.78 is 0. The van der Waals surface area contributed by atoms with Crippen LogP contribution < -0.4 is 5.46 Å². The molecule has 2 aromatic rings. The van der Waals surface area contributed by atoms with Crippen LogP contribution in [-0.2, 0) is 0 Å². The van der Waals surface area contributed by atoms with Crippen molar-refractivity contribution in [1.29, 1.82) is 0 Å². The molecule has 0 aliphatic carbocycles. The van der Waals surface area contributed by atoms with Crippen LogP contribution in [0.1, 0.15) is 0 Å². The monoisotopic (exact) mass is 177 g/mol. The van der Waals surface area contributed by atoms with E-state index < -0.39 is 0 Å². The number of hydrogen-bond donors (Lipinski definition) is 0. The average molecular weight is 177 g/mol. The molecule has 0 fully saturated rings. The maximum absolute atomic E-state index is 5.82. The normalized spacial score (nSPS) is 10.4. The van der Waals surface area contributed by atoms with Crippen LogP contribution in [0.4, 0.5) is 0 Å². The van der Waals surface area contributed by atoms with Crippen molar-refractivity contribution in [2.45, 2.75) is 0 Å². The Bertz CT molecular complexity index is 391. The van der Waals surface area contributed by atoms with Crippen LogP contribution in [0.5, 0.6) is 0 Å². The molecule has 2 aromatic heterocycles. The summed E-state index contributed by atoms with van der Waals surface area (Å²) in [6.45, 7) is 0. The molecule has 12 heavy (non-hydrogen) atoms. The second kappa shape index (κ2) is 2.71. The van der Waals surface area contributed by atoms with Crippen LogP contribution in [0.2, 0.25) is 5.15 Å². The standard InChI is InChI=1S/C7H5BClN3/c8-4-3-12-7(9)6-5(4)10-1-2-11-6/h1-3H,8H2. The van der Waals surface area contributed by atoms with Crippen molar-refractivity contribution in [2.75, 3.05) is 0 Å². The molecule has 0 aliphatic rings. The highest BCUT2D eigenvalue weighted by Crippen LogP contribution is 2.13. The Morgan fingerprint density at radius 3 is 2.42 bits per heavy atom. The lowest BCUT2D eigenvalue weighted by molar-refractivity contribution is 1.26. The number of nitrogens with zero attached hydrogens (tertiary/aromatic N) is 3. The fourth-order valence-corrected chi connectivity index (χ4v) is 1.24. The lowest BCUT2D eigenvalue weighted by atomic mass is 9.97. The van der Waals surface area contributed by atoms with E-state index in [2.05, 4.69) is 15.0 Å². The molecule has 0 aromatic carbocycles. The highest BCUT2D eigenvalue weighted by atomic mass is 35.5. The minimum atomic E-state index is 0.406. The van der Waals surface area contributed by atoms with Crippen LogP contribution in [-0.4, -0.2) is 22.8 Å². The predicted octanol–water partition coefficient (Wildman–Crippen LogP) is -0.0634. The third-order valence-corrected chi connectivity index (χ3v) is 1.92. The van der Waals surface area contributed by atoms with Gasteiger partial charge in [-0.3, -0.25) is 4.98 Å². The summed E-state index contributed by atoms with van der Waals surface area (Å²) in [7, 11) is 1.93. The Labute approximate surface area is 75.2 Å².